The number of carbonyl (C=O) groups excluding carboxylic acids is 1. The van der Waals surface area contributed by atoms with Gasteiger partial charge in [-0.2, -0.15) is 0 Å². The largest absolute Gasteiger partial charge is 0.387 e. The zero-order valence-electron chi connectivity index (χ0n) is 19.8. The fourth-order valence-electron chi connectivity index (χ4n) is 4.11. The SMILES string of the molecule is CN(c1ccc(F)cc1)c1ccc2nc(Nc3cc(CN4CCN(C(=O)CO)CC4)ccn3)sc2n1. The molecule has 0 atom stereocenters. The van der Waals surface area contributed by atoms with Crippen molar-refractivity contribution in [1.82, 2.24) is 24.8 Å². The molecule has 0 saturated carbocycles. The number of rotatable bonds is 7. The molecule has 5 rings (SSSR count). The Labute approximate surface area is 211 Å². The number of thiazole rings is 1. The number of benzene rings is 1. The predicted octanol–water partition coefficient (Wildman–Crippen LogP) is 3.37. The molecule has 0 spiro atoms. The van der Waals surface area contributed by atoms with Gasteiger partial charge < -0.3 is 20.2 Å². The summed E-state index contributed by atoms with van der Waals surface area (Å²) in [6.45, 7) is 3.06. The molecule has 36 heavy (non-hydrogen) atoms. The molecule has 1 aromatic carbocycles. The second kappa shape index (κ2) is 10.5. The quantitative estimate of drug-likeness (QED) is 0.393. The summed E-state index contributed by atoms with van der Waals surface area (Å²) in [5.41, 5.74) is 2.73. The standard InChI is InChI=1S/C25H26FN7O2S/c1-31(19-4-2-18(26)3-5-19)22-7-6-20-24(30-22)36-25(28-20)29-21-14-17(8-9-27-21)15-32-10-12-33(13-11-32)23(35)16-34/h2-9,14,34H,10-13,15-16H2,1H3,(H,27,28,29). The van der Waals surface area contributed by atoms with Gasteiger partial charge in [-0.25, -0.2) is 19.3 Å². The summed E-state index contributed by atoms with van der Waals surface area (Å²) in [4.78, 5) is 32.1. The molecule has 0 radical (unpaired) electrons. The number of aliphatic hydroxyl groups is 1. The van der Waals surface area contributed by atoms with Crippen molar-refractivity contribution >= 4 is 50.0 Å². The van der Waals surface area contributed by atoms with E-state index in [-0.39, 0.29) is 11.7 Å². The van der Waals surface area contributed by atoms with Crippen LogP contribution in [0.1, 0.15) is 5.56 Å². The van der Waals surface area contributed by atoms with Gasteiger partial charge in [0.1, 0.15) is 34.4 Å². The highest BCUT2D eigenvalue weighted by atomic mass is 32.1. The third kappa shape index (κ3) is 5.43. The highest BCUT2D eigenvalue weighted by Gasteiger charge is 2.20. The van der Waals surface area contributed by atoms with E-state index in [1.807, 2.05) is 36.2 Å². The van der Waals surface area contributed by atoms with Crippen LogP contribution in [0.3, 0.4) is 0 Å². The van der Waals surface area contributed by atoms with Crippen LogP contribution in [-0.4, -0.2) is 75.6 Å². The number of nitrogens with one attached hydrogen (secondary N) is 1. The number of carbonyl (C=O) groups is 1. The lowest BCUT2D eigenvalue weighted by atomic mass is 10.2. The van der Waals surface area contributed by atoms with E-state index < -0.39 is 6.61 Å². The van der Waals surface area contributed by atoms with Gasteiger partial charge in [-0.05, 0) is 54.1 Å². The molecular weight excluding hydrogens is 481 g/mol. The summed E-state index contributed by atoms with van der Waals surface area (Å²) in [6, 6.07) is 14.1. The molecule has 1 saturated heterocycles. The van der Waals surface area contributed by atoms with Crippen molar-refractivity contribution in [2.45, 2.75) is 6.54 Å². The maximum Gasteiger partial charge on any atom is 0.248 e. The maximum atomic E-state index is 13.3. The highest BCUT2D eigenvalue weighted by molar-refractivity contribution is 7.21. The second-order valence-electron chi connectivity index (χ2n) is 8.54. The number of pyridine rings is 2. The van der Waals surface area contributed by atoms with Crippen LogP contribution in [-0.2, 0) is 11.3 Å². The van der Waals surface area contributed by atoms with E-state index in [2.05, 4.69) is 20.2 Å². The monoisotopic (exact) mass is 507 g/mol. The molecule has 0 bridgehead atoms. The summed E-state index contributed by atoms with van der Waals surface area (Å²) in [5.74, 6) is 0.947. The number of aliphatic hydroxyl groups excluding tert-OH is 1. The lowest BCUT2D eigenvalue weighted by Crippen LogP contribution is -2.49. The van der Waals surface area contributed by atoms with Crippen LogP contribution < -0.4 is 10.2 Å². The van der Waals surface area contributed by atoms with Crippen molar-refractivity contribution in [1.29, 1.82) is 0 Å². The molecule has 1 aliphatic rings. The van der Waals surface area contributed by atoms with E-state index in [1.165, 1.54) is 23.5 Å². The molecule has 2 N–H and O–H groups in total. The Kier molecular flexibility index (Phi) is 7.03. The van der Waals surface area contributed by atoms with Crippen molar-refractivity contribution in [2.24, 2.45) is 0 Å². The van der Waals surface area contributed by atoms with Gasteiger partial charge in [0.05, 0.1) is 0 Å². The van der Waals surface area contributed by atoms with Gasteiger partial charge in [-0.3, -0.25) is 9.69 Å². The lowest BCUT2D eigenvalue weighted by molar-refractivity contribution is -0.135. The van der Waals surface area contributed by atoms with Crippen LogP contribution in [0, 0.1) is 5.82 Å². The van der Waals surface area contributed by atoms with E-state index in [0.29, 0.717) is 24.0 Å². The van der Waals surface area contributed by atoms with Crippen LogP contribution >= 0.6 is 11.3 Å². The minimum absolute atomic E-state index is 0.218. The Hall–Kier alpha value is -3.67. The fourth-order valence-corrected chi connectivity index (χ4v) is 4.95. The summed E-state index contributed by atoms with van der Waals surface area (Å²) in [6.07, 6.45) is 1.77. The number of nitrogens with zero attached hydrogens (tertiary/aromatic N) is 6. The topological polar surface area (TPSA) is 97.7 Å². The Morgan fingerprint density at radius 3 is 2.64 bits per heavy atom. The molecule has 4 heterocycles. The van der Waals surface area contributed by atoms with Gasteiger partial charge in [0.2, 0.25) is 5.91 Å². The van der Waals surface area contributed by atoms with Gasteiger partial charge in [0, 0.05) is 51.7 Å². The molecule has 1 fully saturated rings. The zero-order valence-corrected chi connectivity index (χ0v) is 20.6. The molecular formula is C25H26FN7O2S. The summed E-state index contributed by atoms with van der Waals surface area (Å²) >= 11 is 1.44. The van der Waals surface area contributed by atoms with E-state index in [4.69, 9.17) is 10.1 Å². The number of anilines is 4. The normalized spacial score (nSPS) is 14.2. The lowest BCUT2D eigenvalue weighted by Gasteiger charge is -2.34. The number of halogens is 1. The molecule has 0 aliphatic carbocycles. The van der Waals surface area contributed by atoms with E-state index >= 15 is 0 Å². The van der Waals surface area contributed by atoms with Gasteiger partial charge in [0.15, 0.2) is 5.13 Å². The van der Waals surface area contributed by atoms with Crippen molar-refractivity contribution in [3.8, 4) is 0 Å². The molecule has 9 nitrogen and oxygen atoms in total. The highest BCUT2D eigenvalue weighted by Crippen LogP contribution is 2.30. The first-order valence-electron chi connectivity index (χ1n) is 11.6. The fraction of sp³-hybridized carbons (Fsp3) is 0.280. The van der Waals surface area contributed by atoms with Crippen molar-refractivity contribution < 1.29 is 14.3 Å². The number of amides is 1. The summed E-state index contributed by atoms with van der Waals surface area (Å²) < 4.78 is 13.3. The van der Waals surface area contributed by atoms with Crippen LogP contribution in [0.2, 0.25) is 0 Å². The number of piperazine rings is 1. The van der Waals surface area contributed by atoms with Crippen LogP contribution in [0.5, 0.6) is 0 Å². The van der Waals surface area contributed by atoms with Crippen LogP contribution in [0.4, 0.5) is 26.8 Å². The van der Waals surface area contributed by atoms with Gasteiger partial charge in [-0.15, -0.1) is 0 Å². The van der Waals surface area contributed by atoms with Gasteiger partial charge in [0.25, 0.3) is 0 Å². The minimum Gasteiger partial charge on any atom is -0.387 e. The first kappa shape index (κ1) is 24.0. The zero-order chi connectivity index (χ0) is 25.1. The van der Waals surface area contributed by atoms with Crippen LogP contribution in [0.25, 0.3) is 10.3 Å². The Balaban J connectivity index is 1.25. The molecule has 1 amide bonds. The number of hydrogen-bond acceptors (Lipinski definition) is 9. The van der Waals surface area contributed by atoms with Gasteiger partial charge in [-0.1, -0.05) is 11.3 Å². The smallest absolute Gasteiger partial charge is 0.248 e. The van der Waals surface area contributed by atoms with Crippen molar-refractivity contribution in [2.75, 3.05) is 50.1 Å². The van der Waals surface area contributed by atoms with Crippen molar-refractivity contribution in [3.63, 3.8) is 0 Å². The van der Waals surface area contributed by atoms with Crippen molar-refractivity contribution in [3.05, 3.63) is 66.1 Å². The molecule has 1 aliphatic heterocycles. The average molecular weight is 508 g/mol. The second-order valence-corrected chi connectivity index (χ2v) is 9.52. The van der Waals surface area contributed by atoms with Crippen LogP contribution in [0.15, 0.2) is 54.7 Å². The number of fused-ring (bicyclic) bond motifs is 1. The average Bonchev–Trinajstić information content (AvgIpc) is 3.30. The molecule has 11 heteroatoms. The molecule has 186 valence electrons. The Morgan fingerprint density at radius 2 is 1.89 bits per heavy atom. The Morgan fingerprint density at radius 1 is 1.11 bits per heavy atom. The first-order valence-corrected chi connectivity index (χ1v) is 12.4. The van der Waals surface area contributed by atoms with Gasteiger partial charge >= 0.3 is 0 Å². The first-order chi connectivity index (χ1) is 17.5. The summed E-state index contributed by atoms with van der Waals surface area (Å²) in [7, 11) is 1.89. The van der Waals surface area contributed by atoms with E-state index in [0.717, 1.165) is 47.1 Å². The summed E-state index contributed by atoms with van der Waals surface area (Å²) in [5, 5.41) is 13.0. The number of hydrogen-bond donors (Lipinski definition) is 2. The molecule has 3 aromatic heterocycles. The third-order valence-corrected chi connectivity index (χ3v) is 7.00. The predicted molar refractivity (Wildman–Crippen MR) is 138 cm³/mol. The third-order valence-electron chi connectivity index (χ3n) is 6.12. The van der Waals surface area contributed by atoms with E-state index in [1.54, 1.807) is 23.2 Å². The maximum absolute atomic E-state index is 13.3. The number of aromatic nitrogens is 3. The molecule has 0 unspecified atom stereocenters. The Bertz CT molecular complexity index is 1360. The molecule has 4 aromatic rings. The van der Waals surface area contributed by atoms with E-state index in [9.17, 15) is 9.18 Å². The minimum atomic E-state index is -0.438.